The number of rotatable bonds is 5. The molecular formula is C12H12Br2N2OS. The normalized spacial score (nSPS) is 12.6. The molecule has 18 heavy (non-hydrogen) atoms. The third-order valence-corrected chi connectivity index (χ3v) is 4.87. The number of nitrogens with zero attached hydrogens (tertiary/aromatic N) is 2. The highest BCUT2D eigenvalue weighted by Gasteiger charge is 2.13. The molecule has 2 aromatic rings. The van der Waals surface area contributed by atoms with Crippen molar-refractivity contribution in [2.75, 3.05) is 0 Å². The standard InChI is InChI=1S/C12H12Br2N2OS/c1-2-10(14)12-15-11(16-17-12)7-18-9-5-3-8(13)4-6-9/h3-6,10H,2,7H2,1H3. The van der Waals surface area contributed by atoms with Crippen LogP contribution in [0.3, 0.4) is 0 Å². The van der Waals surface area contributed by atoms with Crippen molar-refractivity contribution in [1.29, 1.82) is 0 Å². The Morgan fingerprint density at radius 3 is 2.72 bits per heavy atom. The smallest absolute Gasteiger partial charge is 0.240 e. The number of hydrogen-bond acceptors (Lipinski definition) is 4. The van der Waals surface area contributed by atoms with Gasteiger partial charge in [0.15, 0.2) is 5.82 Å². The van der Waals surface area contributed by atoms with Crippen molar-refractivity contribution in [3.63, 3.8) is 0 Å². The summed E-state index contributed by atoms with van der Waals surface area (Å²) >= 11 is 8.60. The molecule has 0 bridgehead atoms. The number of alkyl halides is 1. The van der Waals surface area contributed by atoms with Gasteiger partial charge in [-0.15, -0.1) is 11.8 Å². The zero-order valence-corrected chi connectivity index (χ0v) is 13.8. The molecule has 1 atom stereocenters. The van der Waals surface area contributed by atoms with Gasteiger partial charge in [0.1, 0.15) is 0 Å². The van der Waals surface area contributed by atoms with Gasteiger partial charge >= 0.3 is 0 Å². The second-order valence-corrected chi connectivity index (χ2v) is 6.74. The van der Waals surface area contributed by atoms with Crippen LogP contribution in [0.4, 0.5) is 0 Å². The molecular weight excluding hydrogens is 380 g/mol. The van der Waals surface area contributed by atoms with Gasteiger partial charge in [-0.25, -0.2) is 0 Å². The van der Waals surface area contributed by atoms with E-state index in [9.17, 15) is 0 Å². The maximum Gasteiger partial charge on any atom is 0.240 e. The molecule has 1 aromatic carbocycles. The molecule has 1 unspecified atom stereocenters. The number of aromatic nitrogens is 2. The minimum Gasteiger partial charge on any atom is -0.338 e. The minimum atomic E-state index is 0.149. The van der Waals surface area contributed by atoms with Crippen LogP contribution in [0, 0.1) is 0 Å². The lowest BCUT2D eigenvalue weighted by Crippen LogP contribution is -1.89. The lowest BCUT2D eigenvalue weighted by Gasteiger charge is -1.98. The first kappa shape index (κ1) is 14.1. The van der Waals surface area contributed by atoms with Crippen LogP contribution in [-0.2, 0) is 5.75 Å². The molecule has 0 aliphatic rings. The van der Waals surface area contributed by atoms with Gasteiger partial charge in [0.25, 0.3) is 0 Å². The predicted octanol–water partition coefficient (Wildman–Crippen LogP) is 4.97. The minimum absolute atomic E-state index is 0.149. The van der Waals surface area contributed by atoms with Gasteiger partial charge in [0.2, 0.25) is 5.89 Å². The van der Waals surface area contributed by atoms with E-state index < -0.39 is 0 Å². The van der Waals surface area contributed by atoms with Crippen molar-refractivity contribution in [1.82, 2.24) is 10.1 Å². The number of hydrogen-bond donors (Lipinski definition) is 0. The van der Waals surface area contributed by atoms with Crippen molar-refractivity contribution in [2.45, 2.75) is 28.8 Å². The number of thioether (sulfide) groups is 1. The summed E-state index contributed by atoms with van der Waals surface area (Å²) in [6.45, 7) is 2.07. The molecule has 3 nitrogen and oxygen atoms in total. The topological polar surface area (TPSA) is 38.9 Å². The van der Waals surface area contributed by atoms with Crippen LogP contribution in [-0.4, -0.2) is 10.1 Å². The Morgan fingerprint density at radius 2 is 2.06 bits per heavy atom. The summed E-state index contributed by atoms with van der Waals surface area (Å²) in [7, 11) is 0. The van der Waals surface area contributed by atoms with Crippen molar-refractivity contribution >= 4 is 43.6 Å². The van der Waals surface area contributed by atoms with E-state index in [1.165, 1.54) is 4.90 Å². The Kier molecular flexibility index (Phi) is 5.26. The molecule has 0 N–H and O–H groups in total. The van der Waals surface area contributed by atoms with Gasteiger partial charge in [-0.2, -0.15) is 4.98 Å². The van der Waals surface area contributed by atoms with Crippen LogP contribution in [0.25, 0.3) is 0 Å². The van der Waals surface area contributed by atoms with Crippen LogP contribution in [0.15, 0.2) is 38.2 Å². The van der Waals surface area contributed by atoms with E-state index in [4.69, 9.17) is 4.52 Å². The second-order valence-electron chi connectivity index (χ2n) is 3.67. The van der Waals surface area contributed by atoms with Gasteiger partial charge in [-0.3, -0.25) is 0 Å². The number of benzene rings is 1. The summed E-state index contributed by atoms with van der Waals surface area (Å²) in [6.07, 6.45) is 0.932. The molecule has 96 valence electrons. The van der Waals surface area contributed by atoms with E-state index in [-0.39, 0.29) is 4.83 Å². The third kappa shape index (κ3) is 3.83. The molecule has 1 aromatic heterocycles. The second kappa shape index (κ2) is 6.73. The molecule has 0 fully saturated rings. The van der Waals surface area contributed by atoms with Gasteiger partial charge < -0.3 is 4.52 Å². The van der Waals surface area contributed by atoms with Crippen LogP contribution < -0.4 is 0 Å². The molecule has 0 saturated heterocycles. The summed E-state index contributed by atoms with van der Waals surface area (Å²) in [5.41, 5.74) is 0. The first-order valence-electron chi connectivity index (χ1n) is 5.54. The molecule has 0 aliphatic heterocycles. The lowest BCUT2D eigenvalue weighted by atomic mass is 10.3. The lowest BCUT2D eigenvalue weighted by molar-refractivity contribution is 0.372. The maximum absolute atomic E-state index is 5.20. The Morgan fingerprint density at radius 1 is 1.33 bits per heavy atom. The highest BCUT2D eigenvalue weighted by Crippen LogP contribution is 2.27. The summed E-state index contributed by atoms with van der Waals surface area (Å²) in [4.78, 5) is 5.70. The SMILES string of the molecule is CCC(Br)c1nc(CSc2ccc(Br)cc2)no1. The number of halogens is 2. The predicted molar refractivity (Wildman–Crippen MR) is 80.0 cm³/mol. The fraction of sp³-hybridized carbons (Fsp3) is 0.333. The maximum atomic E-state index is 5.20. The first-order valence-corrected chi connectivity index (χ1v) is 8.23. The van der Waals surface area contributed by atoms with Crippen LogP contribution in [0.1, 0.15) is 29.9 Å². The van der Waals surface area contributed by atoms with Crippen molar-refractivity contribution in [2.24, 2.45) is 0 Å². The van der Waals surface area contributed by atoms with Crippen LogP contribution in [0.2, 0.25) is 0 Å². The van der Waals surface area contributed by atoms with Crippen LogP contribution in [0.5, 0.6) is 0 Å². The molecule has 0 aliphatic carbocycles. The average molecular weight is 392 g/mol. The van der Waals surface area contributed by atoms with Gasteiger partial charge in [0, 0.05) is 9.37 Å². The Balaban J connectivity index is 1.94. The Hall–Kier alpha value is -0.330. The highest BCUT2D eigenvalue weighted by molar-refractivity contribution is 9.10. The molecule has 0 saturated carbocycles. The van der Waals surface area contributed by atoms with Gasteiger partial charge in [-0.05, 0) is 30.7 Å². The van der Waals surface area contributed by atoms with E-state index in [1.807, 2.05) is 12.1 Å². The highest BCUT2D eigenvalue weighted by atomic mass is 79.9. The molecule has 0 amide bonds. The fourth-order valence-corrected chi connectivity index (χ4v) is 2.50. The van der Waals surface area contributed by atoms with Crippen molar-refractivity contribution in [3.8, 4) is 0 Å². The molecule has 2 rings (SSSR count). The van der Waals surface area contributed by atoms with E-state index in [0.29, 0.717) is 11.6 Å². The molecule has 0 spiro atoms. The summed E-state index contributed by atoms with van der Waals surface area (Å²) in [5, 5.41) is 3.97. The first-order chi connectivity index (χ1) is 8.69. The fourth-order valence-electron chi connectivity index (χ4n) is 1.31. The quantitative estimate of drug-likeness (QED) is 0.532. The Bertz CT molecular complexity index is 501. The van der Waals surface area contributed by atoms with E-state index in [0.717, 1.165) is 16.7 Å². The molecule has 6 heteroatoms. The third-order valence-electron chi connectivity index (χ3n) is 2.29. The van der Waals surface area contributed by atoms with Crippen molar-refractivity contribution < 1.29 is 4.52 Å². The monoisotopic (exact) mass is 390 g/mol. The van der Waals surface area contributed by atoms with E-state index >= 15 is 0 Å². The summed E-state index contributed by atoms with van der Waals surface area (Å²) in [5.74, 6) is 2.11. The molecule has 0 radical (unpaired) electrons. The van der Waals surface area contributed by atoms with Gasteiger partial charge in [-0.1, -0.05) is 43.9 Å². The Labute approximate surface area is 127 Å². The van der Waals surface area contributed by atoms with E-state index in [1.54, 1.807) is 11.8 Å². The zero-order valence-electron chi connectivity index (χ0n) is 9.77. The van der Waals surface area contributed by atoms with E-state index in [2.05, 4.69) is 61.1 Å². The van der Waals surface area contributed by atoms with Gasteiger partial charge in [0.05, 0.1) is 10.6 Å². The molecule has 1 heterocycles. The van der Waals surface area contributed by atoms with Crippen LogP contribution >= 0.6 is 43.6 Å². The summed E-state index contributed by atoms with van der Waals surface area (Å²) < 4.78 is 6.28. The average Bonchev–Trinajstić information content (AvgIpc) is 2.86. The summed E-state index contributed by atoms with van der Waals surface area (Å²) in [6, 6.07) is 8.18. The largest absolute Gasteiger partial charge is 0.338 e. The van der Waals surface area contributed by atoms with Crippen molar-refractivity contribution in [3.05, 3.63) is 40.5 Å². The zero-order chi connectivity index (χ0) is 13.0.